The number of anilines is 5. The summed E-state index contributed by atoms with van der Waals surface area (Å²) >= 11 is 6.25. The first kappa shape index (κ1) is 18.5. The first-order chi connectivity index (χ1) is 13.6. The van der Waals surface area contributed by atoms with Crippen LogP contribution in [0.2, 0.25) is 5.02 Å². The summed E-state index contributed by atoms with van der Waals surface area (Å²) in [5.41, 5.74) is 3.99. The molecule has 28 heavy (non-hydrogen) atoms. The molecule has 2 heterocycles. The third-order valence-electron chi connectivity index (χ3n) is 4.71. The summed E-state index contributed by atoms with van der Waals surface area (Å²) in [5, 5.41) is 7.27. The molecule has 0 radical (unpaired) electrons. The predicted molar refractivity (Wildman–Crippen MR) is 115 cm³/mol. The second-order valence-electron chi connectivity index (χ2n) is 7.06. The van der Waals surface area contributed by atoms with Crippen molar-refractivity contribution in [3.05, 3.63) is 58.6 Å². The molecule has 7 heteroatoms. The van der Waals surface area contributed by atoms with Crippen molar-refractivity contribution in [2.75, 3.05) is 28.6 Å². The summed E-state index contributed by atoms with van der Waals surface area (Å²) in [6, 6.07) is 13.9. The lowest BCUT2D eigenvalue weighted by atomic mass is 10.2. The van der Waals surface area contributed by atoms with E-state index >= 15 is 0 Å². The van der Waals surface area contributed by atoms with Crippen LogP contribution in [0.3, 0.4) is 0 Å². The van der Waals surface area contributed by atoms with Gasteiger partial charge in [-0.05, 0) is 62.1 Å². The van der Waals surface area contributed by atoms with E-state index in [4.69, 9.17) is 11.6 Å². The number of nitrogens with one attached hydrogen (secondary N) is 2. The van der Waals surface area contributed by atoms with E-state index in [1.54, 1.807) is 0 Å². The Balaban J connectivity index is 1.66. The highest BCUT2D eigenvalue weighted by molar-refractivity contribution is 6.31. The summed E-state index contributed by atoms with van der Waals surface area (Å²) in [6.45, 7) is 5.96. The Morgan fingerprint density at radius 1 is 0.857 bits per heavy atom. The van der Waals surface area contributed by atoms with Gasteiger partial charge in [0.2, 0.25) is 17.8 Å². The lowest BCUT2D eigenvalue weighted by Crippen LogP contribution is -2.21. The van der Waals surface area contributed by atoms with Crippen LogP contribution in [0.5, 0.6) is 0 Å². The van der Waals surface area contributed by atoms with Crippen molar-refractivity contribution in [2.45, 2.75) is 26.7 Å². The summed E-state index contributed by atoms with van der Waals surface area (Å²) in [4.78, 5) is 16.0. The van der Waals surface area contributed by atoms with Crippen molar-refractivity contribution in [3.8, 4) is 0 Å². The van der Waals surface area contributed by atoms with E-state index in [0.29, 0.717) is 22.9 Å². The molecule has 0 bridgehead atoms. The maximum Gasteiger partial charge on any atom is 0.233 e. The fourth-order valence-electron chi connectivity index (χ4n) is 3.19. The summed E-state index contributed by atoms with van der Waals surface area (Å²) in [7, 11) is 0. The van der Waals surface area contributed by atoms with E-state index in [9.17, 15) is 0 Å². The Morgan fingerprint density at radius 3 is 2.18 bits per heavy atom. The average Bonchev–Trinajstić information content (AvgIpc) is 3.19. The molecular weight excluding hydrogens is 372 g/mol. The van der Waals surface area contributed by atoms with Gasteiger partial charge in [0.1, 0.15) is 0 Å². The minimum absolute atomic E-state index is 0.493. The Labute approximate surface area is 170 Å². The first-order valence-electron chi connectivity index (χ1n) is 9.45. The van der Waals surface area contributed by atoms with Crippen LogP contribution in [-0.4, -0.2) is 28.0 Å². The van der Waals surface area contributed by atoms with E-state index in [1.165, 1.54) is 5.56 Å². The standard InChI is InChI=1S/C21H23ClN6/c1-14-6-5-7-16(12-14)23-19-25-20(24-17-9-8-15(2)18(22)13-17)27-21(26-19)28-10-3-4-11-28/h5-9,12-13H,3-4,10-11H2,1-2H3,(H2,23,24,25,26,27). The van der Waals surface area contributed by atoms with Crippen LogP contribution < -0.4 is 15.5 Å². The highest BCUT2D eigenvalue weighted by Gasteiger charge is 2.18. The van der Waals surface area contributed by atoms with Crippen LogP contribution in [0.25, 0.3) is 0 Å². The van der Waals surface area contributed by atoms with Crippen molar-refractivity contribution in [1.82, 2.24) is 15.0 Å². The molecule has 4 rings (SSSR count). The van der Waals surface area contributed by atoms with Gasteiger partial charge in [0.05, 0.1) is 0 Å². The molecule has 1 aliphatic rings. The molecule has 0 saturated carbocycles. The first-order valence-corrected chi connectivity index (χ1v) is 9.82. The van der Waals surface area contributed by atoms with Crippen molar-refractivity contribution >= 4 is 40.8 Å². The fraction of sp³-hybridized carbons (Fsp3) is 0.286. The van der Waals surface area contributed by atoms with Gasteiger partial charge in [-0.2, -0.15) is 15.0 Å². The molecule has 6 nitrogen and oxygen atoms in total. The van der Waals surface area contributed by atoms with Crippen LogP contribution >= 0.6 is 11.6 Å². The van der Waals surface area contributed by atoms with Crippen LogP contribution in [0.15, 0.2) is 42.5 Å². The van der Waals surface area contributed by atoms with Crippen LogP contribution in [0, 0.1) is 13.8 Å². The molecule has 3 aromatic rings. The zero-order valence-electron chi connectivity index (χ0n) is 16.0. The quantitative estimate of drug-likeness (QED) is 0.617. The van der Waals surface area contributed by atoms with E-state index < -0.39 is 0 Å². The zero-order valence-corrected chi connectivity index (χ0v) is 16.8. The Hall–Kier alpha value is -2.86. The lowest BCUT2D eigenvalue weighted by molar-refractivity contribution is 0.886. The van der Waals surface area contributed by atoms with Gasteiger partial charge >= 0.3 is 0 Å². The smallest absolute Gasteiger partial charge is 0.233 e. The third kappa shape index (κ3) is 4.34. The van der Waals surface area contributed by atoms with Gasteiger partial charge < -0.3 is 15.5 Å². The minimum Gasteiger partial charge on any atom is -0.341 e. The molecule has 0 atom stereocenters. The largest absolute Gasteiger partial charge is 0.341 e. The lowest BCUT2D eigenvalue weighted by Gasteiger charge is -2.17. The highest BCUT2D eigenvalue weighted by atomic mass is 35.5. The molecule has 1 fully saturated rings. The summed E-state index contributed by atoms with van der Waals surface area (Å²) < 4.78 is 0. The van der Waals surface area contributed by atoms with Gasteiger partial charge in [-0.15, -0.1) is 0 Å². The number of halogens is 1. The minimum atomic E-state index is 0.493. The Morgan fingerprint density at radius 2 is 1.54 bits per heavy atom. The van der Waals surface area contributed by atoms with Gasteiger partial charge in [-0.1, -0.05) is 29.8 Å². The molecule has 144 valence electrons. The van der Waals surface area contributed by atoms with E-state index in [1.807, 2.05) is 37.3 Å². The van der Waals surface area contributed by atoms with Gasteiger partial charge in [0, 0.05) is 29.5 Å². The van der Waals surface area contributed by atoms with Crippen molar-refractivity contribution < 1.29 is 0 Å². The third-order valence-corrected chi connectivity index (χ3v) is 5.12. The van der Waals surface area contributed by atoms with E-state index in [2.05, 4.69) is 49.5 Å². The molecule has 0 unspecified atom stereocenters. The van der Waals surface area contributed by atoms with Gasteiger partial charge in [-0.3, -0.25) is 0 Å². The maximum atomic E-state index is 6.25. The second-order valence-corrected chi connectivity index (χ2v) is 7.47. The molecular formula is C21H23ClN6. The predicted octanol–water partition coefficient (Wildman–Crippen LogP) is 5.23. The zero-order chi connectivity index (χ0) is 19.5. The second kappa shape index (κ2) is 8.02. The van der Waals surface area contributed by atoms with Crippen LogP contribution in [-0.2, 0) is 0 Å². The topological polar surface area (TPSA) is 66.0 Å². The SMILES string of the molecule is Cc1cccc(Nc2nc(Nc3ccc(C)c(Cl)c3)nc(N3CCCC3)n2)c1. The number of aromatic nitrogens is 3. The number of nitrogens with zero attached hydrogens (tertiary/aromatic N) is 4. The number of rotatable bonds is 5. The van der Waals surface area contributed by atoms with Crippen LogP contribution in [0.4, 0.5) is 29.2 Å². The summed E-state index contributed by atoms with van der Waals surface area (Å²) in [5.74, 6) is 1.69. The van der Waals surface area contributed by atoms with Gasteiger partial charge in [0.15, 0.2) is 0 Å². The molecule has 2 N–H and O–H groups in total. The molecule has 1 saturated heterocycles. The highest BCUT2D eigenvalue weighted by Crippen LogP contribution is 2.25. The van der Waals surface area contributed by atoms with Crippen molar-refractivity contribution in [1.29, 1.82) is 0 Å². The van der Waals surface area contributed by atoms with E-state index in [0.717, 1.165) is 42.9 Å². The molecule has 0 amide bonds. The Kier molecular flexibility index (Phi) is 5.30. The van der Waals surface area contributed by atoms with Crippen LogP contribution in [0.1, 0.15) is 24.0 Å². The maximum absolute atomic E-state index is 6.25. The molecule has 0 spiro atoms. The van der Waals surface area contributed by atoms with Crippen molar-refractivity contribution in [2.24, 2.45) is 0 Å². The Bertz CT molecular complexity index is 984. The summed E-state index contributed by atoms with van der Waals surface area (Å²) in [6.07, 6.45) is 2.31. The number of aryl methyl sites for hydroxylation is 2. The fourth-order valence-corrected chi connectivity index (χ4v) is 3.37. The molecule has 0 aliphatic carbocycles. The monoisotopic (exact) mass is 394 g/mol. The van der Waals surface area contributed by atoms with Gasteiger partial charge in [0.25, 0.3) is 0 Å². The average molecular weight is 395 g/mol. The van der Waals surface area contributed by atoms with E-state index in [-0.39, 0.29) is 0 Å². The molecule has 1 aromatic heterocycles. The normalized spacial score (nSPS) is 13.6. The number of hydrogen-bond donors (Lipinski definition) is 2. The number of benzene rings is 2. The number of hydrogen-bond acceptors (Lipinski definition) is 6. The van der Waals surface area contributed by atoms with Crippen molar-refractivity contribution in [3.63, 3.8) is 0 Å². The molecule has 2 aromatic carbocycles. The van der Waals surface area contributed by atoms with Gasteiger partial charge in [-0.25, -0.2) is 0 Å². The molecule has 1 aliphatic heterocycles.